The zero-order valence-corrected chi connectivity index (χ0v) is 13.0. The van der Waals surface area contributed by atoms with Gasteiger partial charge in [-0.05, 0) is 56.0 Å². The maximum Gasteiger partial charge on any atom is 0.240 e. The normalized spacial score (nSPS) is 20.9. The van der Waals surface area contributed by atoms with E-state index in [1.807, 2.05) is 12.1 Å². The Bertz CT molecular complexity index is 515. The standard InChI is InChI=1S/C15H24N2O2S/c1-12(2)13-5-7-15(8-6-13)20(18,19)17-14-4-3-10-16-11-9-14/h5-8,12,14,16-17H,3-4,9-11H2,1-2H3. The molecule has 1 aromatic carbocycles. The van der Waals surface area contributed by atoms with Crippen molar-refractivity contribution in [3.63, 3.8) is 0 Å². The first-order chi connectivity index (χ1) is 9.49. The van der Waals surface area contributed by atoms with Crippen LogP contribution in [-0.4, -0.2) is 27.5 Å². The quantitative estimate of drug-likeness (QED) is 0.896. The Kier molecular flexibility index (Phi) is 5.18. The average Bonchev–Trinajstić information content (AvgIpc) is 2.67. The third kappa shape index (κ3) is 4.04. The summed E-state index contributed by atoms with van der Waals surface area (Å²) in [4.78, 5) is 0.360. The van der Waals surface area contributed by atoms with E-state index in [9.17, 15) is 8.42 Å². The fourth-order valence-electron chi connectivity index (χ4n) is 2.46. The first-order valence-electron chi connectivity index (χ1n) is 7.32. The van der Waals surface area contributed by atoms with E-state index in [2.05, 4.69) is 23.9 Å². The summed E-state index contributed by atoms with van der Waals surface area (Å²) >= 11 is 0. The second-order valence-corrected chi connectivity index (χ2v) is 7.44. The van der Waals surface area contributed by atoms with Crippen LogP contribution in [0, 0.1) is 0 Å². The highest BCUT2D eigenvalue weighted by Gasteiger charge is 2.20. The molecule has 1 aromatic rings. The van der Waals surface area contributed by atoms with Gasteiger partial charge in [0.2, 0.25) is 10.0 Å². The van der Waals surface area contributed by atoms with Crippen molar-refractivity contribution < 1.29 is 8.42 Å². The van der Waals surface area contributed by atoms with Crippen LogP contribution < -0.4 is 10.0 Å². The van der Waals surface area contributed by atoms with E-state index in [0.29, 0.717) is 10.8 Å². The number of rotatable bonds is 4. The minimum Gasteiger partial charge on any atom is -0.317 e. The molecule has 0 spiro atoms. The maximum absolute atomic E-state index is 12.4. The molecule has 1 heterocycles. The molecule has 4 nitrogen and oxygen atoms in total. The summed E-state index contributed by atoms with van der Waals surface area (Å²) < 4.78 is 27.6. The van der Waals surface area contributed by atoms with E-state index in [-0.39, 0.29) is 6.04 Å². The highest BCUT2D eigenvalue weighted by Crippen LogP contribution is 2.18. The second kappa shape index (κ2) is 6.70. The molecule has 0 radical (unpaired) electrons. The van der Waals surface area contributed by atoms with Crippen molar-refractivity contribution in [2.24, 2.45) is 0 Å². The van der Waals surface area contributed by atoms with Gasteiger partial charge < -0.3 is 5.32 Å². The van der Waals surface area contributed by atoms with Gasteiger partial charge in [0.05, 0.1) is 4.90 Å². The highest BCUT2D eigenvalue weighted by molar-refractivity contribution is 7.89. The van der Waals surface area contributed by atoms with Gasteiger partial charge >= 0.3 is 0 Å². The van der Waals surface area contributed by atoms with Crippen LogP contribution in [0.3, 0.4) is 0 Å². The molecule has 2 rings (SSSR count). The molecule has 0 bridgehead atoms. The molecule has 1 aliphatic heterocycles. The predicted molar refractivity (Wildman–Crippen MR) is 81.4 cm³/mol. The van der Waals surface area contributed by atoms with E-state index < -0.39 is 10.0 Å². The van der Waals surface area contributed by atoms with Crippen LogP contribution in [-0.2, 0) is 10.0 Å². The predicted octanol–water partition coefficient (Wildman–Crippen LogP) is 2.23. The summed E-state index contributed by atoms with van der Waals surface area (Å²) in [6, 6.07) is 7.24. The monoisotopic (exact) mass is 296 g/mol. The van der Waals surface area contributed by atoms with Crippen molar-refractivity contribution in [2.45, 2.75) is 50.0 Å². The minimum absolute atomic E-state index is 0.0415. The van der Waals surface area contributed by atoms with Crippen molar-refractivity contribution in [1.82, 2.24) is 10.0 Å². The van der Waals surface area contributed by atoms with Crippen molar-refractivity contribution in [3.8, 4) is 0 Å². The van der Waals surface area contributed by atoms with Crippen LogP contribution in [0.15, 0.2) is 29.2 Å². The first-order valence-corrected chi connectivity index (χ1v) is 8.80. The Labute approximate surface area is 122 Å². The molecule has 1 saturated heterocycles. The largest absolute Gasteiger partial charge is 0.317 e. The maximum atomic E-state index is 12.4. The molecular weight excluding hydrogens is 272 g/mol. The summed E-state index contributed by atoms with van der Waals surface area (Å²) in [6.45, 7) is 6.04. The van der Waals surface area contributed by atoms with Crippen LogP contribution in [0.25, 0.3) is 0 Å². The lowest BCUT2D eigenvalue weighted by molar-refractivity contribution is 0.518. The van der Waals surface area contributed by atoms with Crippen LogP contribution >= 0.6 is 0 Å². The summed E-state index contributed by atoms with van der Waals surface area (Å²) in [5.41, 5.74) is 1.16. The van der Waals surface area contributed by atoms with Crippen molar-refractivity contribution in [1.29, 1.82) is 0 Å². The molecule has 0 saturated carbocycles. The smallest absolute Gasteiger partial charge is 0.240 e. The molecule has 1 atom stereocenters. The van der Waals surface area contributed by atoms with Gasteiger partial charge in [0.1, 0.15) is 0 Å². The van der Waals surface area contributed by atoms with Crippen LogP contribution in [0.1, 0.15) is 44.6 Å². The van der Waals surface area contributed by atoms with Crippen LogP contribution in [0.4, 0.5) is 0 Å². The summed E-state index contributed by atoms with van der Waals surface area (Å²) in [6.07, 6.45) is 2.76. The second-order valence-electron chi connectivity index (χ2n) is 5.72. The lowest BCUT2D eigenvalue weighted by Crippen LogP contribution is -2.35. The molecule has 0 amide bonds. The summed E-state index contributed by atoms with van der Waals surface area (Å²) in [7, 11) is -3.40. The fraction of sp³-hybridized carbons (Fsp3) is 0.600. The van der Waals surface area contributed by atoms with E-state index in [1.54, 1.807) is 12.1 Å². The summed E-state index contributed by atoms with van der Waals surface area (Å²) in [5, 5.41) is 3.29. The van der Waals surface area contributed by atoms with Gasteiger partial charge in [-0.15, -0.1) is 0 Å². The van der Waals surface area contributed by atoms with Gasteiger partial charge in [0.15, 0.2) is 0 Å². The number of sulfonamides is 1. The van der Waals surface area contributed by atoms with E-state index in [0.717, 1.165) is 37.9 Å². The molecule has 1 aliphatic rings. The van der Waals surface area contributed by atoms with E-state index in [4.69, 9.17) is 0 Å². The van der Waals surface area contributed by atoms with Gasteiger partial charge in [0, 0.05) is 6.04 Å². The Balaban J connectivity index is 2.09. The SMILES string of the molecule is CC(C)c1ccc(S(=O)(=O)NC2CCCNCC2)cc1. The lowest BCUT2D eigenvalue weighted by Gasteiger charge is -2.16. The third-order valence-electron chi connectivity index (χ3n) is 3.75. The van der Waals surface area contributed by atoms with Gasteiger partial charge in [-0.1, -0.05) is 26.0 Å². The Hall–Kier alpha value is -0.910. The lowest BCUT2D eigenvalue weighted by atomic mass is 10.0. The molecule has 0 aromatic heterocycles. The summed E-state index contributed by atoms with van der Waals surface area (Å²) in [5.74, 6) is 0.410. The average molecular weight is 296 g/mol. The highest BCUT2D eigenvalue weighted by atomic mass is 32.2. The van der Waals surface area contributed by atoms with Crippen LogP contribution in [0.2, 0.25) is 0 Å². The van der Waals surface area contributed by atoms with Crippen molar-refractivity contribution in [3.05, 3.63) is 29.8 Å². The Morgan fingerprint density at radius 2 is 1.85 bits per heavy atom. The van der Waals surface area contributed by atoms with Gasteiger partial charge in [-0.3, -0.25) is 0 Å². The number of benzene rings is 1. The minimum atomic E-state index is -3.40. The molecule has 0 aliphatic carbocycles. The van der Waals surface area contributed by atoms with Crippen LogP contribution in [0.5, 0.6) is 0 Å². The topological polar surface area (TPSA) is 58.2 Å². The third-order valence-corrected chi connectivity index (χ3v) is 5.29. The fourth-order valence-corrected chi connectivity index (χ4v) is 3.76. The Morgan fingerprint density at radius 1 is 1.15 bits per heavy atom. The zero-order chi connectivity index (χ0) is 14.6. The molecule has 5 heteroatoms. The van der Waals surface area contributed by atoms with E-state index in [1.165, 1.54) is 0 Å². The van der Waals surface area contributed by atoms with Gasteiger partial charge in [0.25, 0.3) is 0 Å². The molecule has 1 fully saturated rings. The molecule has 20 heavy (non-hydrogen) atoms. The number of hydrogen-bond donors (Lipinski definition) is 2. The van der Waals surface area contributed by atoms with Gasteiger partial charge in [-0.25, -0.2) is 13.1 Å². The zero-order valence-electron chi connectivity index (χ0n) is 12.2. The van der Waals surface area contributed by atoms with E-state index >= 15 is 0 Å². The van der Waals surface area contributed by atoms with Gasteiger partial charge in [-0.2, -0.15) is 0 Å². The Morgan fingerprint density at radius 3 is 2.50 bits per heavy atom. The molecule has 112 valence electrons. The first kappa shape index (κ1) is 15.5. The number of nitrogens with one attached hydrogen (secondary N) is 2. The van der Waals surface area contributed by atoms with Crippen molar-refractivity contribution >= 4 is 10.0 Å². The molecular formula is C15H24N2O2S. The molecule has 2 N–H and O–H groups in total. The molecule has 1 unspecified atom stereocenters. The van der Waals surface area contributed by atoms with Crippen molar-refractivity contribution in [2.75, 3.05) is 13.1 Å². The number of hydrogen-bond acceptors (Lipinski definition) is 3.